The van der Waals surface area contributed by atoms with Crippen LogP contribution in [-0.2, 0) is 4.74 Å². The Balaban J connectivity index is 2.56. The highest BCUT2D eigenvalue weighted by molar-refractivity contribution is 6.32. The number of hydrogen-bond donors (Lipinski definition) is 3. The van der Waals surface area contributed by atoms with Crippen LogP contribution in [0.3, 0.4) is 0 Å². The van der Waals surface area contributed by atoms with Crippen LogP contribution in [0.2, 0.25) is 0 Å². The molecule has 1 fully saturated rings. The number of hydrogen-bond acceptors (Lipinski definition) is 5. The average molecular weight is 335 g/mol. The first kappa shape index (κ1) is 16.1. The summed E-state index contributed by atoms with van der Waals surface area (Å²) in [6.07, 6.45) is -3.59. The summed E-state index contributed by atoms with van der Waals surface area (Å²) in [6, 6.07) is 1.10. The number of rotatable bonds is 2. The van der Waals surface area contributed by atoms with E-state index in [1.165, 1.54) is 6.92 Å². The molecule has 2 rings (SSSR count). The smallest absolute Gasteiger partial charge is 0.330 e. The number of ether oxygens (including phenoxy) is 1. The molecule has 21 heavy (non-hydrogen) atoms. The fourth-order valence-electron chi connectivity index (χ4n) is 2.17. The van der Waals surface area contributed by atoms with Gasteiger partial charge >= 0.3 is 5.69 Å². The average Bonchev–Trinajstić information content (AvgIpc) is 2.64. The normalized spacial score (nSPS) is 33.3. The molecule has 0 saturated carbocycles. The molecule has 9 heteroatoms. The lowest BCUT2D eigenvalue weighted by Crippen LogP contribution is -2.45. The summed E-state index contributed by atoms with van der Waals surface area (Å²) in [5.41, 5.74) is -1.38. The van der Waals surface area contributed by atoms with Crippen LogP contribution in [0.4, 0.5) is 0 Å². The summed E-state index contributed by atoms with van der Waals surface area (Å²) in [5.74, 6) is 2.39. The first-order chi connectivity index (χ1) is 9.81. The van der Waals surface area contributed by atoms with Crippen LogP contribution in [0.15, 0.2) is 21.9 Å². The predicted octanol–water partition coefficient (Wildman–Crippen LogP) is -0.647. The summed E-state index contributed by atoms with van der Waals surface area (Å²) >= 11 is 11.6. The zero-order valence-corrected chi connectivity index (χ0v) is 12.3. The van der Waals surface area contributed by atoms with Crippen molar-refractivity contribution < 1.29 is 14.9 Å². The first-order valence-electron chi connectivity index (χ1n) is 5.96. The van der Waals surface area contributed by atoms with Crippen LogP contribution in [0.5, 0.6) is 0 Å². The van der Waals surface area contributed by atoms with E-state index in [2.05, 4.69) is 11.3 Å². The van der Waals surface area contributed by atoms with E-state index in [0.29, 0.717) is 0 Å². The monoisotopic (exact) mass is 334 g/mol. The molecule has 0 aliphatic carbocycles. The van der Waals surface area contributed by atoms with Crippen molar-refractivity contribution in [1.29, 1.82) is 0 Å². The Morgan fingerprint density at radius 2 is 2.24 bits per heavy atom. The molecule has 0 radical (unpaired) electrons. The molecule has 1 aliphatic heterocycles. The van der Waals surface area contributed by atoms with Gasteiger partial charge in [-0.05, 0) is 18.5 Å². The lowest BCUT2D eigenvalue weighted by molar-refractivity contribution is -0.0773. The van der Waals surface area contributed by atoms with Gasteiger partial charge in [0.15, 0.2) is 11.1 Å². The van der Waals surface area contributed by atoms with Crippen molar-refractivity contribution in [2.24, 2.45) is 0 Å². The molecule has 5 atom stereocenters. The van der Waals surface area contributed by atoms with Crippen molar-refractivity contribution in [1.82, 2.24) is 9.55 Å². The van der Waals surface area contributed by atoms with Crippen molar-refractivity contribution in [3.63, 3.8) is 0 Å². The Hall–Kier alpha value is -1.30. The number of halogens is 2. The lowest BCUT2D eigenvalue weighted by atomic mass is 9.97. The van der Waals surface area contributed by atoms with Crippen molar-refractivity contribution >= 4 is 23.2 Å². The Labute approximate surface area is 129 Å². The number of aliphatic hydroxyl groups excluding tert-OH is 2. The van der Waals surface area contributed by atoms with E-state index in [1.54, 1.807) is 0 Å². The van der Waals surface area contributed by atoms with Gasteiger partial charge in [-0.2, -0.15) is 0 Å². The van der Waals surface area contributed by atoms with Crippen LogP contribution in [0.25, 0.3) is 0 Å². The van der Waals surface area contributed by atoms with Gasteiger partial charge in [-0.3, -0.25) is 14.3 Å². The molecule has 2 heterocycles. The lowest BCUT2D eigenvalue weighted by Gasteiger charge is -2.25. The topological polar surface area (TPSA) is 105 Å². The summed E-state index contributed by atoms with van der Waals surface area (Å²) in [6.45, 7) is 1.40. The summed E-state index contributed by atoms with van der Waals surface area (Å²) in [7, 11) is 0. The summed E-state index contributed by atoms with van der Waals surface area (Å²) < 4.78 is 6.43. The van der Waals surface area contributed by atoms with E-state index in [0.717, 1.165) is 16.8 Å². The minimum atomic E-state index is -1.74. The quantitative estimate of drug-likeness (QED) is 0.492. The second-order valence-corrected chi connectivity index (χ2v) is 5.46. The number of nitrogens with one attached hydrogen (secondary N) is 1. The Morgan fingerprint density at radius 1 is 1.57 bits per heavy atom. The third-order valence-electron chi connectivity index (χ3n) is 3.21. The SMILES string of the molecule is C[C@@H](O)[C@H]1O[C@@H](n2ccc(=O)[nH]c2=O)C(Cl)(C#CCl)C1O. The third kappa shape index (κ3) is 2.73. The highest BCUT2D eigenvalue weighted by Crippen LogP contribution is 2.43. The van der Waals surface area contributed by atoms with Gasteiger partial charge in [0, 0.05) is 17.6 Å². The minimum Gasteiger partial charge on any atom is -0.391 e. The molecule has 1 aromatic rings. The van der Waals surface area contributed by atoms with E-state index in [9.17, 15) is 19.8 Å². The number of aliphatic hydroxyl groups is 2. The van der Waals surface area contributed by atoms with Gasteiger partial charge < -0.3 is 14.9 Å². The van der Waals surface area contributed by atoms with Crippen LogP contribution in [-0.4, -0.2) is 43.0 Å². The van der Waals surface area contributed by atoms with Gasteiger partial charge in [-0.1, -0.05) is 17.5 Å². The molecule has 0 aromatic carbocycles. The number of H-pyrrole nitrogens is 1. The number of aromatic amines is 1. The van der Waals surface area contributed by atoms with Gasteiger partial charge in [-0.15, -0.1) is 0 Å². The second kappa shape index (κ2) is 5.83. The Morgan fingerprint density at radius 3 is 2.76 bits per heavy atom. The zero-order chi connectivity index (χ0) is 15.8. The van der Waals surface area contributed by atoms with Gasteiger partial charge in [-0.25, -0.2) is 4.79 Å². The molecule has 7 nitrogen and oxygen atoms in total. The largest absolute Gasteiger partial charge is 0.391 e. The molecule has 0 amide bonds. The van der Waals surface area contributed by atoms with E-state index in [1.807, 2.05) is 4.98 Å². The summed E-state index contributed by atoms with van der Waals surface area (Å²) in [4.78, 5) is 23.2. The molecule has 3 N–H and O–H groups in total. The van der Waals surface area contributed by atoms with E-state index >= 15 is 0 Å². The third-order valence-corrected chi connectivity index (χ3v) is 3.80. The van der Waals surface area contributed by atoms with Crippen LogP contribution in [0.1, 0.15) is 13.2 Å². The minimum absolute atomic E-state index is 0.592. The van der Waals surface area contributed by atoms with Gasteiger partial charge in [0.2, 0.25) is 0 Å². The first-order valence-corrected chi connectivity index (χ1v) is 6.71. The highest BCUT2D eigenvalue weighted by Gasteiger charge is 2.57. The van der Waals surface area contributed by atoms with Crippen molar-refractivity contribution in [2.45, 2.75) is 36.3 Å². The fourth-order valence-corrected chi connectivity index (χ4v) is 2.71. The van der Waals surface area contributed by atoms with Crippen molar-refractivity contribution in [3.8, 4) is 11.3 Å². The zero-order valence-electron chi connectivity index (χ0n) is 10.8. The van der Waals surface area contributed by atoms with E-state index in [4.69, 9.17) is 27.9 Å². The molecule has 114 valence electrons. The standard InChI is InChI=1S/C12H12Cl2N2O5/c1-6(17)8-9(19)12(14,3-4-13)10(21-8)16-5-2-7(18)15-11(16)20/h2,5-6,8-10,17,19H,1H3,(H,15,18,20)/t6-,8-,9?,10-,12?/m1/s1. The molecule has 1 saturated heterocycles. The van der Waals surface area contributed by atoms with Crippen LogP contribution in [0, 0.1) is 11.3 Å². The Bertz CT molecular complexity index is 704. The molecular formula is C12H12Cl2N2O5. The molecule has 1 aliphatic rings. The van der Waals surface area contributed by atoms with Gasteiger partial charge in [0.25, 0.3) is 5.56 Å². The van der Waals surface area contributed by atoms with Crippen molar-refractivity contribution in [2.75, 3.05) is 0 Å². The highest BCUT2D eigenvalue weighted by atomic mass is 35.5. The maximum Gasteiger partial charge on any atom is 0.330 e. The maximum atomic E-state index is 11.8. The van der Waals surface area contributed by atoms with Gasteiger partial charge in [0.05, 0.1) is 6.10 Å². The molecule has 0 bridgehead atoms. The van der Waals surface area contributed by atoms with E-state index in [-0.39, 0.29) is 0 Å². The van der Waals surface area contributed by atoms with E-state index < -0.39 is 40.7 Å². The maximum absolute atomic E-state index is 11.8. The van der Waals surface area contributed by atoms with Crippen molar-refractivity contribution in [3.05, 3.63) is 33.1 Å². The summed E-state index contributed by atoms with van der Waals surface area (Å²) in [5, 5.41) is 21.9. The van der Waals surface area contributed by atoms with Crippen LogP contribution >= 0.6 is 23.2 Å². The molecular weight excluding hydrogens is 323 g/mol. The Kier molecular flexibility index (Phi) is 4.46. The molecule has 2 unspecified atom stereocenters. The second-order valence-electron chi connectivity index (χ2n) is 4.64. The predicted molar refractivity (Wildman–Crippen MR) is 75.1 cm³/mol. The van der Waals surface area contributed by atoms with Gasteiger partial charge in [0.1, 0.15) is 12.2 Å². The molecule has 0 spiro atoms. The number of aromatic nitrogens is 2. The molecule has 1 aromatic heterocycles. The number of alkyl halides is 1. The fraction of sp³-hybridized carbons (Fsp3) is 0.500. The van der Waals surface area contributed by atoms with Crippen LogP contribution < -0.4 is 11.2 Å². The number of nitrogens with zero attached hydrogens (tertiary/aromatic N) is 1.